The van der Waals surface area contributed by atoms with Crippen molar-refractivity contribution in [2.75, 3.05) is 0 Å². The summed E-state index contributed by atoms with van der Waals surface area (Å²) in [5.41, 5.74) is 5.10. The Labute approximate surface area is 149 Å². The standard InChI is InChI=1S/C22H26FNO/c1-2-21(19-11-10-17-5-3-4-6-18(17)15-19)24-22(25)14-9-16-7-12-20(23)13-8-16/h7-8,10-13,15,21H,2-6,9,14H2,1H3,(H,24,25). The Morgan fingerprint density at radius 2 is 1.80 bits per heavy atom. The molecule has 1 unspecified atom stereocenters. The van der Waals surface area contributed by atoms with Crippen LogP contribution in [0.3, 0.4) is 0 Å². The van der Waals surface area contributed by atoms with Crippen molar-refractivity contribution in [3.8, 4) is 0 Å². The maximum absolute atomic E-state index is 12.9. The molecule has 0 saturated heterocycles. The topological polar surface area (TPSA) is 29.1 Å². The fourth-order valence-electron chi connectivity index (χ4n) is 3.57. The van der Waals surface area contributed by atoms with E-state index in [-0.39, 0.29) is 17.8 Å². The Morgan fingerprint density at radius 3 is 2.52 bits per heavy atom. The number of amides is 1. The molecule has 1 N–H and O–H groups in total. The maximum Gasteiger partial charge on any atom is 0.220 e. The minimum Gasteiger partial charge on any atom is -0.349 e. The third kappa shape index (κ3) is 4.68. The molecule has 2 aromatic rings. The third-order valence-corrected chi connectivity index (χ3v) is 5.07. The van der Waals surface area contributed by atoms with Crippen molar-refractivity contribution in [1.82, 2.24) is 5.32 Å². The van der Waals surface area contributed by atoms with Crippen molar-refractivity contribution in [2.24, 2.45) is 0 Å². The summed E-state index contributed by atoms with van der Waals surface area (Å²) in [5, 5.41) is 3.16. The largest absolute Gasteiger partial charge is 0.349 e. The van der Waals surface area contributed by atoms with Gasteiger partial charge in [0.25, 0.3) is 0 Å². The number of rotatable bonds is 6. The molecule has 1 aliphatic carbocycles. The van der Waals surface area contributed by atoms with E-state index in [2.05, 4.69) is 30.4 Å². The molecule has 0 spiro atoms. The fourth-order valence-corrected chi connectivity index (χ4v) is 3.57. The second-order valence-corrected chi connectivity index (χ2v) is 6.89. The second kappa shape index (κ2) is 8.28. The lowest BCUT2D eigenvalue weighted by Gasteiger charge is -2.21. The van der Waals surface area contributed by atoms with E-state index in [1.165, 1.54) is 48.1 Å². The lowest BCUT2D eigenvalue weighted by molar-refractivity contribution is -0.121. The van der Waals surface area contributed by atoms with Gasteiger partial charge in [0, 0.05) is 6.42 Å². The maximum atomic E-state index is 12.9. The zero-order chi connectivity index (χ0) is 17.6. The lowest BCUT2D eigenvalue weighted by Crippen LogP contribution is -2.28. The number of carbonyl (C=O) groups excluding carboxylic acids is 1. The Morgan fingerprint density at radius 1 is 1.08 bits per heavy atom. The minimum absolute atomic E-state index is 0.0499. The van der Waals surface area contributed by atoms with Crippen LogP contribution < -0.4 is 5.32 Å². The molecule has 0 saturated carbocycles. The van der Waals surface area contributed by atoms with E-state index < -0.39 is 0 Å². The van der Waals surface area contributed by atoms with E-state index in [0.717, 1.165) is 18.4 Å². The molecule has 3 rings (SSSR count). The first-order chi connectivity index (χ1) is 12.2. The van der Waals surface area contributed by atoms with Gasteiger partial charge in [-0.15, -0.1) is 0 Å². The van der Waals surface area contributed by atoms with E-state index in [9.17, 15) is 9.18 Å². The molecular weight excluding hydrogens is 313 g/mol. The molecule has 2 nitrogen and oxygen atoms in total. The van der Waals surface area contributed by atoms with Gasteiger partial charge >= 0.3 is 0 Å². The second-order valence-electron chi connectivity index (χ2n) is 6.89. The summed E-state index contributed by atoms with van der Waals surface area (Å²) in [4.78, 5) is 12.3. The number of nitrogens with one attached hydrogen (secondary N) is 1. The number of aryl methyl sites for hydroxylation is 3. The lowest BCUT2D eigenvalue weighted by atomic mass is 9.89. The smallest absolute Gasteiger partial charge is 0.220 e. The highest BCUT2D eigenvalue weighted by Gasteiger charge is 2.16. The highest BCUT2D eigenvalue weighted by molar-refractivity contribution is 5.76. The van der Waals surface area contributed by atoms with Gasteiger partial charge in [-0.05, 0) is 72.9 Å². The first-order valence-corrected chi connectivity index (χ1v) is 9.31. The number of fused-ring (bicyclic) bond motifs is 1. The van der Waals surface area contributed by atoms with Gasteiger partial charge in [0.05, 0.1) is 6.04 Å². The molecule has 0 bridgehead atoms. The van der Waals surface area contributed by atoms with Crippen LogP contribution in [0.4, 0.5) is 4.39 Å². The molecular formula is C22H26FNO. The number of halogens is 1. The van der Waals surface area contributed by atoms with Gasteiger partial charge in [-0.25, -0.2) is 4.39 Å². The quantitative estimate of drug-likeness (QED) is 0.796. The molecule has 0 radical (unpaired) electrons. The Bertz CT molecular complexity index is 723. The summed E-state index contributed by atoms with van der Waals surface area (Å²) in [6.45, 7) is 2.10. The van der Waals surface area contributed by atoms with Crippen LogP contribution in [0.2, 0.25) is 0 Å². The molecule has 1 aliphatic rings. The van der Waals surface area contributed by atoms with E-state index in [4.69, 9.17) is 0 Å². The van der Waals surface area contributed by atoms with Crippen LogP contribution in [0.15, 0.2) is 42.5 Å². The molecule has 1 amide bonds. The highest BCUT2D eigenvalue weighted by atomic mass is 19.1. The van der Waals surface area contributed by atoms with Crippen molar-refractivity contribution in [3.05, 3.63) is 70.5 Å². The Kier molecular flexibility index (Phi) is 5.85. The van der Waals surface area contributed by atoms with Crippen molar-refractivity contribution < 1.29 is 9.18 Å². The SMILES string of the molecule is CCC(NC(=O)CCc1ccc(F)cc1)c1ccc2c(c1)CCCC2. The highest BCUT2D eigenvalue weighted by Crippen LogP contribution is 2.26. The summed E-state index contributed by atoms with van der Waals surface area (Å²) in [6, 6.07) is 13.1. The van der Waals surface area contributed by atoms with E-state index in [1.807, 2.05) is 0 Å². The molecule has 0 aliphatic heterocycles. The minimum atomic E-state index is -0.244. The van der Waals surface area contributed by atoms with Crippen LogP contribution in [0.1, 0.15) is 60.9 Å². The van der Waals surface area contributed by atoms with Gasteiger partial charge in [-0.3, -0.25) is 4.79 Å². The van der Waals surface area contributed by atoms with E-state index >= 15 is 0 Å². The van der Waals surface area contributed by atoms with Crippen molar-refractivity contribution in [1.29, 1.82) is 0 Å². The van der Waals surface area contributed by atoms with Crippen LogP contribution in [-0.2, 0) is 24.1 Å². The first kappa shape index (κ1) is 17.7. The molecule has 1 atom stereocenters. The van der Waals surface area contributed by atoms with Crippen LogP contribution >= 0.6 is 0 Å². The number of carbonyl (C=O) groups is 1. The molecule has 0 aromatic heterocycles. The van der Waals surface area contributed by atoms with Gasteiger partial charge < -0.3 is 5.32 Å². The summed E-state index contributed by atoms with van der Waals surface area (Å²) in [5.74, 6) is -0.194. The van der Waals surface area contributed by atoms with Gasteiger partial charge in [0.2, 0.25) is 5.91 Å². The average Bonchev–Trinajstić information content (AvgIpc) is 2.65. The third-order valence-electron chi connectivity index (χ3n) is 5.07. The number of benzene rings is 2. The summed E-state index contributed by atoms with van der Waals surface area (Å²) in [6.07, 6.45) is 6.80. The van der Waals surface area contributed by atoms with E-state index in [0.29, 0.717) is 12.8 Å². The zero-order valence-corrected chi connectivity index (χ0v) is 14.9. The van der Waals surface area contributed by atoms with E-state index in [1.54, 1.807) is 12.1 Å². The van der Waals surface area contributed by atoms with Crippen LogP contribution in [-0.4, -0.2) is 5.91 Å². The van der Waals surface area contributed by atoms with Crippen molar-refractivity contribution in [2.45, 2.75) is 57.9 Å². The summed E-state index contributed by atoms with van der Waals surface area (Å²) in [7, 11) is 0. The van der Waals surface area contributed by atoms with Crippen molar-refractivity contribution in [3.63, 3.8) is 0 Å². The fraction of sp³-hybridized carbons (Fsp3) is 0.409. The normalized spacial score (nSPS) is 14.6. The Hall–Kier alpha value is -2.16. The molecule has 2 aromatic carbocycles. The van der Waals surface area contributed by atoms with Crippen LogP contribution in [0, 0.1) is 5.82 Å². The number of hydrogen-bond acceptors (Lipinski definition) is 1. The summed E-state index contributed by atoms with van der Waals surface area (Å²) < 4.78 is 12.9. The molecule has 0 fully saturated rings. The molecule has 25 heavy (non-hydrogen) atoms. The van der Waals surface area contributed by atoms with Crippen LogP contribution in [0.5, 0.6) is 0 Å². The first-order valence-electron chi connectivity index (χ1n) is 9.31. The van der Waals surface area contributed by atoms with Gasteiger partial charge in [-0.1, -0.05) is 37.3 Å². The van der Waals surface area contributed by atoms with Gasteiger partial charge in [0.15, 0.2) is 0 Å². The predicted octanol–water partition coefficient (Wildman–Crippen LogP) is 4.90. The predicted molar refractivity (Wildman–Crippen MR) is 99.0 cm³/mol. The van der Waals surface area contributed by atoms with Crippen molar-refractivity contribution >= 4 is 5.91 Å². The molecule has 0 heterocycles. The van der Waals surface area contributed by atoms with Gasteiger partial charge in [0.1, 0.15) is 5.82 Å². The number of hydrogen-bond donors (Lipinski definition) is 1. The monoisotopic (exact) mass is 339 g/mol. The average molecular weight is 339 g/mol. The molecule has 3 heteroatoms. The Balaban J connectivity index is 1.59. The zero-order valence-electron chi connectivity index (χ0n) is 14.9. The summed E-state index contributed by atoms with van der Waals surface area (Å²) >= 11 is 0. The molecule has 132 valence electrons. The van der Waals surface area contributed by atoms with Crippen LogP contribution in [0.25, 0.3) is 0 Å². The van der Waals surface area contributed by atoms with Gasteiger partial charge in [-0.2, -0.15) is 0 Å².